The predicted octanol–water partition coefficient (Wildman–Crippen LogP) is 2.68. The topological polar surface area (TPSA) is 65.6 Å². The lowest BCUT2D eigenvalue weighted by Crippen LogP contribution is -1.89. The minimum absolute atomic E-state index is 0.430. The number of aromatic nitrogens is 1. The number of rotatable bonds is 1. The summed E-state index contributed by atoms with van der Waals surface area (Å²) >= 11 is 0. The van der Waals surface area contributed by atoms with Crippen molar-refractivity contribution in [2.45, 2.75) is 6.42 Å². The van der Waals surface area contributed by atoms with Crippen LogP contribution in [-0.2, 0) is 0 Å². The minimum atomic E-state index is 0.430. The van der Waals surface area contributed by atoms with Crippen molar-refractivity contribution < 1.29 is 0 Å². The average Bonchev–Trinajstić information content (AvgIpc) is 2.89. The lowest BCUT2D eigenvalue weighted by atomic mass is 10.0. The zero-order valence-electron chi connectivity index (χ0n) is 9.20. The average molecular weight is 221 g/mol. The molecule has 2 aliphatic carbocycles. The SMILES string of the molecule is N#Cc1c(C2=C/C=C\C=C3\CC3=C2)c[nH]c1N. The van der Waals surface area contributed by atoms with Gasteiger partial charge in [0, 0.05) is 11.8 Å². The van der Waals surface area contributed by atoms with Gasteiger partial charge >= 0.3 is 0 Å². The highest BCUT2D eigenvalue weighted by molar-refractivity contribution is 5.84. The van der Waals surface area contributed by atoms with E-state index >= 15 is 0 Å². The molecule has 0 atom stereocenters. The van der Waals surface area contributed by atoms with Gasteiger partial charge in [-0.25, -0.2) is 0 Å². The Morgan fingerprint density at radius 2 is 2.06 bits per heavy atom. The molecule has 0 unspecified atom stereocenters. The molecule has 3 rings (SSSR count). The Balaban J connectivity index is 2.10. The van der Waals surface area contributed by atoms with Crippen LogP contribution in [0.25, 0.3) is 5.57 Å². The van der Waals surface area contributed by atoms with Crippen LogP contribution < -0.4 is 5.73 Å². The van der Waals surface area contributed by atoms with Crippen molar-refractivity contribution in [3.63, 3.8) is 0 Å². The van der Waals surface area contributed by atoms with Gasteiger partial charge in [0.2, 0.25) is 0 Å². The Morgan fingerprint density at radius 1 is 1.24 bits per heavy atom. The van der Waals surface area contributed by atoms with Crippen molar-refractivity contribution >= 4 is 11.4 Å². The fourth-order valence-electron chi connectivity index (χ4n) is 1.99. The highest BCUT2D eigenvalue weighted by atomic mass is 14.8. The van der Waals surface area contributed by atoms with Crippen molar-refractivity contribution in [1.29, 1.82) is 5.26 Å². The van der Waals surface area contributed by atoms with Gasteiger partial charge in [-0.05, 0) is 23.1 Å². The van der Waals surface area contributed by atoms with Gasteiger partial charge in [0.1, 0.15) is 17.5 Å². The van der Waals surface area contributed by atoms with Crippen molar-refractivity contribution in [3.8, 4) is 6.07 Å². The summed E-state index contributed by atoms with van der Waals surface area (Å²) in [6.07, 6.45) is 13.1. The number of nitrogens with zero attached hydrogens (tertiary/aromatic N) is 1. The molecule has 3 N–H and O–H groups in total. The zero-order chi connectivity index (χ0) is 11.8. The number of allylic oxidation sites excluding steroid dienone is 8. The van der Waals surface area contributed by atoms with Gasteiger partial charge in [0.25, 0.3) is 0 Å². The van der Waals surface area contributed by atoms with Gasteiger partial charge in [-0.1, -0.05) is 30.4 Å². The molecular formula is C14H11N3. The Bertz CT molecular complexity index is 645. The third-order valence-electron chi connectivity index (χ3n) is 3.02. The molecule has 2 aliphatic rings. The first-order valence-electron chi connectivity index (χ1n) is 5.45. The molecule has 0 radical (unpaired) electrons. The van der Waals surface area contributed by atoms with Crippen LogP contribution in [0.15, 0.2) is 47.7 Å². The summed E-state index contributed by atoms with van der Waals surface area (Å²) in [5.41, 5.74) is 10.8. The Labute approximate surface area is 99.3 Å². The maximum Gasteiger partial charge on any atom is 0.119 e. The number of nitrogens with two attached hydrogens (primary N) is 1. The number of hydrogen-bond donors (Lipinski definition) is 2. The van der Waals surface area contributed by atoms with E-state index in [1.54, 1.807) is 6.20 Å². The summed E-state index contributed by atoms with van der Waals surface area (Å²) in [4.78, 5) is 2.90. The van der Waals surface area contributed by atoms with E-state index in [0.29, 0.717) is 11.4 Å². The minimum Gasteiger partial charge on any atom is -0.384 e. The number of nitriles is 1. The van der Waals surface area contributed by atoms with Crippen LogP contribution in [0.2, 0.25) is 0 Å². The van der Waals surface area contributed by atoms with Gasteiger partial charge in [0.05, 0.1) is 0 Å². The van der Waals surface area contributed by atoms with E-state index in [1.807, 2.05) is 18.2 Å². The summed E-state index contributed by atoms with van der Waals surface area (Å²) < 4.78 is 0. The number of anilines is 1. The van der Waals surface area contributed by atoms with Gasteiger partial charge in [-0.3, -0.25) is 0 Å². The number of aromatic amines is 1. The summed E-state index contributed by atoms with van der Waals surface area (Å²) in [6, 6.07) is 2.14. The van der Waals surface area contributed by atoms with Crippen LogP contribution in [-0.4, -0.2) is 4.98 Å². The van der Waals surface area contributed by atoms with E-state index in [2.05, 4.69) is 23.2 Å². The van der Waals surface area contributed by atoms with Crippen molar-refractivity contribution in [2.75, 3.05) is 5.73 Å². The Morgan fingerprint density at radius 3 is 2.88 bits per heavy atom. The summed E-state index contributed by atoms with van der Waals surface area (Å²) in [7, 11) is 0. The van der Waals surface area contributed by atoms with Gasteiger partial charge < -0.3 is 10.7 Å². The lowest BCUT2D eigenvalue weighted by molar-refractivity contribution is 1.40. The van der Waals surface area contributed by atoms with E-state index in [4.69, 9.17) is 11.0 Å². The quantitative estimate of drug-likeness (QED) is 0.765. The van der Waals surface area contributed by atoms with Crippen LogP contribution in [0, 0.1) is 11.3 Å². The van der Waals surface area contributed by atoms with Crippen LogP contribution >= 0.6 is 0 Å². The number of H-pyrrole nitrogens is 1. The Hall–Kier alpha value is -2.47. The summed E-state index contributed by atoms with van der Waals surface area (Å²) in [5.74, 6) is 0.430. The second-order valence-corrected chi connectivity index (χ2v) is 4.15. The number of fused-ring (bicyclic) bond motifs is 1. The van der Waals surface area contributed by atoms with Gasteiger partial charge in [-0.2, -0.15) is 5.26 Å². The molecule has 0 bridgehead atoms. The summed E-state index contributed by atoms with van der Waals surface area (Å²) in [6.45, 7) is 0. The maximum atomic E-state index is 9.09. The molecule has 3 heteroatoms. The van der Waals surface area contributed by atoms with Gasteiger partial charge in [0.15, 0.2) is 0 Å². The highest BCUT2D eigenvalue weighted by Gasteiger charge is 2.22. The van der Waals surface area contributed by atoms with Crippen molar-refractivity contribution in [2.24, 2.45) is 0 Å². The second-order valence-electron chi connectivity index (χ2n) is 4.15. The van der Waals surface area contributed by atoms with Crippen LogP contribution in [0.3, 0.4) is 0 Å². The lowest BCUT2D eigenvalue weighted by Gasteiger charge is -1.99. The monoisotopic (exact) mass is 221 g/mol. The van der Waals surface area contributed by atoms with Crippen LogP contribution in [0.5, 0.6) is 0 Å². The predicted molar refractivity (Wildman–Crippen MR) is 67.8 cm³/mol. The number of nitrogens with one attached hydrogen (secondary N) is 1. The first-order valence-corrected chi connectivity index (χ1v) is 5.45. The molecule has 1 heterocycles. The van der Waals surface area contributed by atoms with Gasteiger partial charge in [-0.15, -0.1) is 0 Å². The Kier molecular flexibility index (Phi) is 2.02. The number of hydrogen-bond acceptors (Lipinski definition) is 2. The summed E-state index contributed by atoms with van der Waals surface area (Å²) in [5, 5.41) is 9.09. The molecule has 82 valence electrons. The van der Waals surface area contributed by atoms with Crippen molar-refractivity contribution in [1.82, 2.24) is 4.98 Å². The van der Waals surface area contributed by atoms with E-state index < -0.39 is 0 Å². The third kappa shape index (κ3) is 1.60. The first kappa shape index (κ1) is 9.73. The van der Waals surface area contributed by atoms with E-state index in [-0.39, 0.29) is 0 Å². The number of nitrogen functional groups attached to an aromatic ring is 1. The van der Waals surface area contributed by atoms with E-state index in [1.165, 1.54) is 11.1 Å². The third-order valence-corrected chi connectivity index (χ3v) is 3.02. The molecule has 0 saturated heterocycles. The standard InChI is InChI=1S/C14H11N3/c15-7-12-13(8-17-14(12)16)10-4-2-1-3-9-5-11(9)6-10/h1-4,6,8,17H,5,16H2/b2-1-,3-1?,4-2?,9-3-,10-4?,10-6?,11-6?. The first-order chi connectivity index (χ1) is 8.29. The second kappa shape index (κ2) is 3.53. The molecule has 1 aromatic heterocycles. The van der Waals surface area contributed by atoms with Crippen LogP contribution in [0.4, 0.5) is 5.82 Å². The molecule has 0 aliphatic heterocycles. The molecule has 1 fully saturated rings. The zero-order valence-corrected chi connectivity index (χ0v) is 9.20. The molecule has 3 nitrogen and oxygen atoms in total. The molecular weight excluding hydrogens is 210 g/mol. The molecule has 1 saturated carbocycles. The van der Waals surface area contributed by atoms with Crippen molar-refractivity contribution in [3.05, 3.63) is 58.9 Å². The van der Waals surface area contributed by atoms with E-state index in [9.17, 15) is 0 Å². The van der Waals surface area contributed by atoms with E-state index in [0.717, 1.165) is 17.6 Å². The molecule has 1 aromatic rings. The molecule has 0 amide bonds. The highest BCUT2D eigenvalue weighted by Crippen LogP contribution is 2.40. The van der Waals surface area contributed by atoms with Crippen LogP contribution in [0.1, 0.15) is 17.5 Å². The molecule has 0 spiro atoms. The normalized spacial score (nSPS) is 21.9. The largest absolute Gasteiger partial charge is 0.384 e. The fraction of sp³-hybridized carbons (Fsp3) is 0.0714. The molecule has 17 heavy (non-hydrogen) atoms. The fourth-order valence-corrected chi connectivity index (χ4v) is 1.99. The molecule has 0 aromatic carbocycles. The smallest absolute Gasteiger partial charge is 0.119 e. The maximum absolute atomic E-state index is 9.09.